The normalized spacial score (nSPS) is 27.5. The number of aryl methyl sites for hydroxylation is 1. The fourth-order valence-electron chi connectivity index (χ4n) is 3.70. The number of carbonyl (C=O) groups excluding carboxylic acids is 2. The topological polar surface area (TPSA) is 59.5 Å². The summed E-state index contributed by atoms with van der Waals surface area (Å²) in [4.78, 5) is 30.7. The third-order valence-electron chi connectivity index (χ3n) is 4.75. The number of carbonyl (C=O) groups is 2. The highest BCUT2D eigenvalue weighted by molar-refractivity contribution is 5.97. The summed E-state index contributed by atoms with van der Waals surface area (Å²) in [6.07, 6.45) is 4.81. The minimum Gasteiger partial charge on any atom is -0.467 e. The van der Waals surface area contributed by atoms with Crippen LogP contribution in [0.5, 0.6) is 0 Å². The Morgan fingerprint density at radius 3 is 2.81 bits per heavy atom. The van der Waals surface area contributed by atoms with Crippen LogP contribution in [0, 0.1) is 18.8 Å². The van der Waals surface area contributed by atoms with E-state index in [9.17, 15) is 9.59 Å². The van der Waals surface area contributed by atoms with Crippen LogP contribution in [0.3, 0.4) is 0 Å². The molecule has 5 nitrogen and oxygen atoms in total. The minimum absolute atomic E-state index is 0.118. The van der Waals surface area contributed by atoms with Gasteiger partial charge in [-0.3, -0.25) is 9.78 Å². The molecule has 1 aromatic heterocycles. The minimum atomic E-state index is -0.434. The zero-order chi connectivity index (χ0) is 15.0. The average Bonchev–Trinajstić information content (AvgIpc) is 3.06. The molecule has 1 aromatic rings. The van der Waals surface area contributed by atoms with Crippen LogP contribution in [0.1, 0.15) is 35.3 Å². The number of pyridine rings is 1. The standard InChI is InChI=1S/C16H20N2O3/c1-10-6-7-11(8-17-10)15(19)18-9-12-4-3-5-13(12)14(18)16(20)21-2/h6-8,12-14H,3-5,9H2,1-2H3. The van der Waals surface area contributed by atoms with E-state index >= 15 is 0 Å². The molecule has 0 spiro atoms. The van der Waals surface area contributed by atoms with Gasteiger partial charge >= 0.3 is 5.97 Å². The van der Waals surface area contributed by atoms with Gasteiger partial charge in [-0.2, -0.15) is 0 Å². The van der Waals surface area contributed by atoms with Crippen LogP contribution in [0.25, 0.3) is 0 Å². The molecule has 1 aliphatic carbocycles. The van der Waals surface area contributed by atoms with Crippen molar-refractivity contribution in [1.82, 2.24) is 9.88 Å². The second-order valence-electron chi connectivity index (χ2n) is 5.97. The molecule has 1 amide bonds. The van der Waals surface area contributed by atoms with Gasteiger partial charge in [-0.15, -0.1) is 0 Å². The molecule has 2 fully saturated rings. The number of aromatic nitrogens is 1. The molecular formula is C16H20N2O3. The molecule has 0 bridgehead atoms. The van der Waals surface area contributed by atoms with E-state index in [2.05, 4.69) is 4.98 Å². The fraction of sp³-hybridized carbons (Fsp3) is 0.562. The van der Waals surface area contributed by atoms with Crippen molar-refractivity contribution in [3.05, 3.63) is 29.6 Å². The summed E-state index contributed by atoms with van der Waals surface area (Å²) in [6, 6.07) is 3.15. The third-order valence-corrected chi connectivity index (χ3v) is 4.75. The molecule has 112 valence electrons. The van der Waals surface area contributed by atoms with E-state index in [1.54, 1.807) is 17.2 Å². The summed E-state index contributed by atoms with van der Waals surface area (Å²) < 4.78 is 4.93. The molecular weight excluding hydrogens is 268 g/mol. The van der Waals surface area contributed by atoms with Gasteiger partial charge in [0, 0.05) is 18.4 Å². The molecule has 3 unspecified atom stereocenters. The number of rotatable bonds is 2. The number of ether oxygens (including phenoxy) is 1. The Labute approximate surface area is 124 Å². The van der Waals surface area contributed by atoms with Crippen LogP contribution < -0.4 is 0 Å². The van der Waals surface area contributed by atoms with E-state index in [-0.39, 0.29) is 17.8 Å². The SMILES string of the molecule is COC(=O)C1C2CCCC2CN1C(=O)c1ccc(C)nc1. The lowest BCUT2D eigenvalue weighted by Gasteiger charge is -2.25. The Kier molecular flexibility index (Phi) is 3.66. The maximum absolute atomic E-state index is 12.7. The molecule has 3 atom stereocenters. The highest BCUT2D eigenvalue weighted by atomic mass is 16.5. The highest BCUT2D eigenvalue weighted by Crippen LogP contribution is 2.43. The number of fused-ring (bicyclic) bond motifs is 1. The van der Waals surface area contributed by atoms with Gasteiger partial charge in [0.25, 0.3) is 5.91 Å². The molecule has 1 saturated heterocycles. The smallest absolute Gasteiger partial charge is 0.328 e. The number of hydrogen-bond donors (Lipinski definition) is 0. The zero-order valence-electron chi connectivity index (χ0n) is 12.4. The maximum atomic E-state index is 12.7. The molecule has 5 heteroatoms. The first kappa shape index (κ1) is 14.0. The lowest BCUT2D eigenvalue weighted by molar-refractivity contribution is -0.146. The van der Waals surface area contributed by atoms with Gasteiger partial charge in [0.2, 0.25) is 0 Å². The molecule has 2 aliphatic rings. The monoisotopic (exact) mass is 288 g/mol. The molecule has 1 aliphatic heterocycles. The Balaban J connectivity index is 1.87. The van der Waals surface area contributed by atoms with Gasteiger partial charge in [-0.25, -0.2) is 4.79 Å². The molecule has 21 heavy (non-hydrogen) atoms. The van der Waals surface area contributed by atoms with Crippen molar-refractivity contribution in [2.45, 2.75) is 32.2 Å². The van der Waals surface area contributed by atoms with Gasteiger partial charge < -0.3 is 9.64 Å². The van der Waals surface area contributed by atoms with Gasteiger partial charge in [0.15, 0.2) is 0 Å². The maximum Gasteiger partial charge on any atom is 0.328 e. The predicted molar refractivity (Wildman–Crippen MR) is 76.6 cm³/mol. The van der Waals surface area contributed by atoms with Crippen LogP contribution in [0.15, 0.2) is 18.3 Å². The van der Waals surface area contributed by atoms with Crippen LogP contribution in [-0.4, -0.2) is 41.5 Å². The van der Waals surface area contributed by atoms with Crippen LogP contribution >= 0.6 is 0 Å². The molecule has 0 aromatic carbocycles. The Morgan fingerprint density at radius 2 is 2.14 bits per heavy atom. The summed E-state index contributed by atoms with van der Waals surface area (Å²) in [7, 11) is 1.39. The average molecular weight is 288 g/mol. The van der Waals surface area contributed by atoms with E-state index in [1.807, 2.05) is 13.0 Å². The first-order chi connectivity index (χ1) is 10.1. The molecule has 2 heterocycles. The Bertz CT molecular complexity index is 555. The van der Waals surface area contributed by atoms with Crippen LogP contribution in [-0.2, 0) is 9.53 Å². The quantitative estimate of drug-likeness (QED) is 0.779. The summed E-state index contributed by atoms with van der Waals surface area (Å²) in [5.74, 6) is 0.265. The van der Waals surface area contributed by atoms with Gasteiger partial charge in [0.05, 0.1) is 12.7 Å². The molecule has 0 radical (unpaired) electrons. The van der Waals surface area contributed by atoms with E-state index in [4.69, 9.17) is 4.74 Å². The third kappa shape index (κ3) is 2.41. The first-order valence-electron chi connectivity index (χ1n) is 7.43. The van der Waals surface area contributed by atoms with Crippen molar-refractivity contribution in [3.8, 4) is 0 Å². The molecule has 1 saturated carbocycles. The lowest BCUT2D eigenvalue weighted by atomic mass is 9.94. The van der Waals surface area contributed by atoms with Crippen molar-refractivity contribution in [2.24, 2.45) is 11.8 Å². The van der Waals surface area contributed by atoms with Crippen molar-refractivity contribution in [2.75, 3.05) is 13.7 Å². The van der Waals surface area contributed by atoms with Gasteiger partial charge in [-0.05, 0) is 43.7 Å². The second-order valence-corrected chi connectivity index (χ2v) is 5.97. The van der Waals surface area contributed by atoms with Crippen LogP contribution in [0.2, 0.25) is 0 Å². The second kappa shape index (κ2) is 5.47. The van der Waals surface area contributed by atoms with E-state index in [1.165, 1.54) is 7.11 Å². The fourth-order valence-corrected chi connectivity index (χ4v) is 3.70. The molecule has 0 N–H and O–H groups in total. The van der Waals surface area contributed by atoms with Crippen LogP contribution in [0.4, 0.5) is 0 Å². The summed E-state index contributed by atoms with van der Waals surface area (Å²) in [5.41, 5.74) is 1.41. The number of amides is 1. The highest BCUT2D eigenvalue weighted by Gasteiger charge is 2.50. The number of hydrogen-bond acceptors (Lipinski definition) is 4. The number of nitrogens with zero attached hydrogens (tertiary/aromatic N) is 2. The summed E-state index contributed by atoms with van der Waals surface area (Å²) in [6.45, 7) is 2.53. The van der Waals surface area contributed by atoms with Crippen molar-refractivity contribution < 1.29 is 14.3 Å². The van der Waals surface area contributed by atoms with Gasteiger partial charge in [0.1, 0.15) is 6.04 Å². The Hall–Kier alpha value is -1.91. The Morgan fingerprint density at radius 1 is 1.33 bits per heavy atom. The van der Waals surface area contributed by atoms with Crippen molar-refractivity contribution >= 4 is 11.9 Å². The number of methoxy groups -OCH3 is 1. The van der Waals surface area contributed by atoms with Gasteiger partial charge in [-0.1, -0.05) is 6.42 Å². The van der Waals surface area contributed by atoms with E-state index in [0.29, 0.717) is 18.0 Å². The first-order valence-corrected chi connectivity index (χ1v) is 7.43. The summed E-state index contributed by atoms with van der Waals surface area (Å²) in [5, 5.41) is 0. The lowest BCUT2D eigenvalue weighted by Crippen LogP contribution is -2.44. The predicted octanol–water partition coefficient (Wildman–Crippen LogP) is 1.80. The molecule has 3 rings (SSSR count). The zero-order valence-corrected chi connectivity index (χ0v) is 12.4. The van der Waals surface area contributed by atoms with Crippen molar-refractivity contribution in [3.63, 3.8) is 0 Å². The van der Waals surface area contributed by atoms with E-state index < -0.39 is 6.04 Å². The largest absolute Gasteiger partial charge is 0.467 e. The summed E-state index contributed by atoms with van der Waals surface area (Å²) >= 11 is 0. The number of likely N-dealkylation sites (tertiary alicyclic amines) is 1. The van der Waals surface area contributed by atoms with E-state index in [0.717, 1.165) is 25.0 Å². The number of esters is 1. The van der Waals surface area contributed by atoms with Crippen molar-refractivity contribution in [1.29, 1.82) is 0 Å².